The molecule has 7 heteroatoms. The molecule has 1 aromatic heterocycles. The molecule has 0 spiro atoms. The third-order valence-electron chi connectivity index (χ3n) is 3.44. The van der Waals surface area contributed by atoms with Gasteiger partial charge in [-0.15, -0.1) is 23.1 Å². The van der Waals surface area contributed by atoms with E-state index in [1.807, 2.05) is 37.3 Å². The lowest BCUT2D eigenvalue weighted by atomic mass is 10.2. The third kappa shape index (κ3) is 3.85. The van der Waals surface area contributed by atoms with Crippen molar-refractivity contribution in [3.05, 3.63) is 46.2 Å². The van der Waals surface area contributed by atoms with E-state index in [4.69, 9.17) is 4.74 Å². The Morgan fingerprint density at radius 3 is 2.75 bits per heavy atom. The van der Waals surface area contributed by atoms with E-state index >= 15 is 0 Å². The zero-order valence-corrected chi connectivity index (χ0v) is 14.5. The highest BCUT2D eigenvalue weighted by molar-refractivity contribution is 8.01. The maximum atomic E-state index is 12.0. The van der Waals surface area contributed by atoms with Gasteiger partial charge in [0.05, 0.1) is 22.2 Å². The normalized spacial score (nSPS) is 16.2. The maximum Gasteiger partial charge on any atom is 0.307 e. The van der Waals surface area contributed by atoms with Crippen LogP contribution in [0.2, 0.25) is 0 Å². The summed E-state index contributed by atoms with van der Waals surface area (Å²) in [5.41, 5.74) is 0.750. The zero-order valence-electron chi connectivity index (χ0n) is 12.9. The number of carbonyl (C=O) groups is 3. The molecule has 1 amide bonds. The number of esters is 1. The molecule has 0 aliphatic carbocycles. The number of amides is 1. The smallest absolute Gasteiger partial charge is 0.307 e. The number of anilines is 1. The second-order valence-corrected chi connectivity index (χ2v) is 7.82. The number of ether oxygens (including phenoxy) is 1. The van der Waals surface area contributed by atoms with Crippen molar-refractivity contribution in [2.75, 3.05) is 11.9 Å². The number of benzene rings is 1. The fourth-order valence-corrected chi connectivity index (χ4v) is 4.13. The van der Waals surface area contributed by atoms with E-state index in [0.29, 0.717) is 4.88 Å². The molecule has 2 heterocycles. The van der Waals surface area contributed by atoms with Gasteiger partial charge in [0.1, 0.15) is 0 Å². The molecular formula is C17H15NO4S2. The summed E-state index contributed by atoms with van der Waals surface area (Å²) >= 11 is 2.70. The van der Waals surface area contributed by atoms with Crippen LogP contribution in [0.3, 0.4) is 0 Å². The van der Waals surface area contributed by atoms with E-state index in [0.717, 1.165) is 15.5 Å². The molecule has 1 aliphatic heterocycles. The van der Waals surface area contributed by atoms with E-state index in [1.54, 1.807) is 6.07 Å². The van der Waals surface area contributed by atoms with Gasteiger partial charge in [0.15, 0.2) is 6.61 Å². The number of ketones is 1. The number of aryl methyl sites for hydroxylation is 1. The molecule has 0 saturated heterocycles. The summed E-state index contributed by atoms with van der Waals surface area (Å²) in [5, 5.41) is 2.23. The number of nitrogens with one attached hydrogen (secondary N) is 1. The summed E-state index contributed by atoms with van der Waals surface area (Å²) in [6.45, 7) is 1.61. The summed E-state index contributed by atoms with van der Waals surface area (Å²) in [6.07, 6.45) is -0.0679. The van der Waals surface area contributed by atoms with Crippen molar-refractivity contribution in [3.63, 3.8) is 0 Å². The minimum Gasteiger partial charge on any atom is -0.457 e. The predicted octanol–water partition coefficient (Wildman–Crippen LogP) is 3.29. The van der Waals surface area contributed by atoms with Crippen molar-refractivity contribution < 1.29 is 19.1 Å². The van der Waals surface area contributed by atoms with Gasteiger partial charge in [0.25, 0.3) is 0 Å². The standard InChI is InChI=1S/C17H15NO4S2/c1-10-6-7-14(23-10)12(19)9-22-16(20)8-15-17(21)18-11-4-2-3-5-13(11)24-15/h2-7,15H,8-9H2,1H3,(H,18,21)/t15-/m0/s1. The largest absolute Gasteiger partial charge is 0.457 e. The van der Waals surface area contributed by atoms with Gasteiger partial charge in [-0.25, -0.2) is 0 Å². The summed E-state index contributed by atoms with van der Waals surface area (Å²) in [5.74, 6) is -1.01. The molecule has 0 unspecified atom stereocenters. The molecular weight excluding hydrogens is 346 g/mol. The SMILES string of the molecule is Cc1ccc(C(=O)COC(=O)C[C@@H]2Sc3ccccc3NC2=O)s1. The monoisotopic (exact) mass is 361 g/mol. The molecule has 2 aromatic rings. The maximum absolute atomic E-state index is 12.0. The molecule has 3 rings (SSSR count). The molecule has 24 heavy (non-hydrogen) atoms. The van der Waals surface area contributed by atoms with Crippen LogP contribution in [0.15, 0.2) is 41.3 Å². The third-order valence-corrected chi connectivity index (χ3v) is 5.76. The number of thiophene rings is 1. The first kappa shape index (κ1) is 16.7. The molecule has 0 fully saturated rings. The number of thioether (sulfide) groups is 1. The first-order valence-corrected chi connectivity index (χ1v) is 9.04. The highest BCUT2D eigenvalue weighted by Gasteiger charge is 2.29. The van der Waals surface area contributed by atoms with E-state index in [-0.39, 0.29) is 24.7 Å². The average Bonchev–Trinajstić information content (AvgIpc) is 3.00. The number of Topliss-reactive ketones (excluding diaryl/α,β-unsaturated/α-hetero) is 1. The van der Waals surface area contributed by atoms with Crippen molar-refractivity contribution in [3.8, 4) is 0 Å². The van der Waals surface area contributed by atoms with Crippen molar-refractivity contribution >= 4 is 46.4 Å². The van der Waals surface area contributed by atoms with E-state index in [9.17, 15) is 14.4 Å². The van der Waals surface area contributed by atoms with Crippen LogP contribution in [0, 0.1) is 6.92 Å². The van der Waals surface area contributed by atoms with Crippen molar-refractivity contribution in [2.45, 2.75) is 23.5 Å². The molecule has 1 atom stereocenters. The Balaban J connectivity index is 1.54. The minimum absolute atomic E-state index is 0.0679. The van der Waals surface area contributed by atoms with Crippen LogP contribution in [0.25, 0.3) is 0 Å². The first-order valence-electron chi connectivity index (χ1n) is 7.35. The minimum atomic E-state index is -0.552. The van der Waals surface area contributed by atoms with Crippen LogP contribution < -0.4 is 5.32 Å². The fraction of sp³-hybridized carbons (Fsp3) is 0.235. The molecule has 0 bridgehead atoms. The van der Waals surface area contributed by atoms with Gasteiger partial charge in [0, 0.05) is 9.77 Å². The molecule has 5 nitrogen and oxygen atoms in total. The Kier molecular flexibility index (Phi) is 5.01. The van der Waals surface area contributed by atoms with Crippen LogP contribution in [0.1, 0.15) is 21.0 Å². The predicted molar refractivity (Wildman–Crippen MR) is 93.7 cm³/mol. The summed E-state index contributed by atoms with van der Waals surface area (Å²) in [4.78, 5) is 38.4. The number of fused-ring (bicyclic) bond motifs is 1. The topological polar surface area (TPSA) is 72.5 Å². The zero-order chi connectivity index (χ0) is 17.1. The molecule has 1 N–H and O–H groups in total. The van der Waals surface area contributed by atoms with Gasteiger partial charge >= 0.3 is 5.97 Å². The lowest BCUT2D eigenvalue weighted by Crippen LogP contribution is -2.31. The Morgan fingerprint density at radius 1 is 1.21 bits per heavy atom. The van der Waals surface area contributed by atoms with E-state index < -0.39 is 11.2 Å². The van der Waals surface area contributed by atoms with Gasteiger partial charge in [-0.3, -0.25) is 14.4 Å². The molecule has 0 radical (unpaired) electrons. The van der Waals surface area contributed by atoms with Crippen molar-refractivity contribution in [2.24, 2.45) is 0 Å². The second kappa shape index (κ2) is 7.19. The van der Waals surface area contributed by atoms with Crippen LogP contribution >= 0.6 is 23.1 Å². The number of para-hydroxylation sites is 1. The summed E-state index contributed by atoms with van der Waals surface area (Å²) in [6, 6.07) is 11.0. The van der Waals surface area contributed by atoms with Gasteiger partial charge < -0.3 is 10.1 Å². The van der Waals surface area contributed by atoms with E-state index in [2.05, 4.69) is 5.32 Å². The lowest BCUT2D eigenvalue weighted by molar-refractivity contribution is -0.143. The second-order valence-electron chi connectivity index (χ2n) is 5.29. The van der Waals surface area contributed by atoms with Crippen LogP contribution in [-0.2, 0) is 14.3 Å². The fourth-order valence-electron chi connectivity index (χ4n) is 2.24. The van der Waals surface area contributed by atoms with Crippen LogP contribution in [0.4, 0.5) is 5.69 Å². The van der Waals surface area contributed by atoms with E-state index in [1.165, 1.54) is 23.1 Å². The molecule has 1 aromatic carbocycles. The highest BCUT2D eigenvalue weighted by atomic mass is 32.2. The first-order chi connectivity index (χ1) is 11.5. The summed E-state index contributed by atoms with van der Waals surface area (Å²) < 4.78 is 5.03. The Hall–Kier alpha value is -2.12. The molecule has 124 valence electrons. The lowest BCUT2D eigenvalue weighted by Gasteiger charge is -2.23. The summed E-state index contributed by atoms with van der Waals surface area (Å²) in [7, 11) is 0. The average molecular weight is 361 g/mol. The molecule has 1 aliphatic rings. The van der Waals surface area contributed by atoms with Crippen LogP contribution in [-0.4, -0.2) is 29.5 Å². The van der Waals surface area contributed by atoms with Crippen LogP contribution in [0.5, 0.6) is 0 Å². The number of hydrogen-bond acceptors (Lipinski definition) is 6. The highest BCUT2D eigenvalue weighted by Crippen LogP contribution is 2.36. The Bertz CT molecular complexity index is 799. The number of rotatable bonds is 5. The van der Waals surface area contributed by atoms with Crippen molar-refractivity contribution in [1.82, 2.24) is 0 Å². The van der Waals surface area contributed by atoms with Crippen molar-refractivity contribution in [1.29, 1.82) is 0 Å². The van der Waals surface area contributed by atoms with Gasteiger partial charge in [0.2, 0.25) is 11.7 Å². The Morgan fingerprint density at radius 2 is 2.00 bits per heavy atom. The van der Waals surface area contributed by atoms with Gasteiger partial charge in [-0.2, -0.15) is 0 Å². The van der Waals surface area contributed by atoms with Gasteiger partial charge in [-0.05, 0) is 31.2 Å². The molecule has 0 saturated carbocycles. The Labute approximate surface area is 147 Å². The quantitative estimate of drug-likeness (QED) is 0.653. The number of carbonyl (C=O) groups excluding carboxylic acids is 3. The number of hydrogen-bond donors (Lipinski definition) is 1. The van der Waals surface area contributed by atoms with Gasteiger partial charge in [-0.1, -0.05) is 12.1 Å².